The van der Waals surface area contributed by atoms with Gasteiger partial charge in [0.25, 0.3) is 0 Å². The summed E-state index contributed by atoms with van der Waals surface area (Å²) >= 11 is 1.44. The number of aliphatic hydroxyl groups excluding tert-OH is 2. The number of thiophene rings is 1. The summed E-state index contributed by atoms with van der Waals surface area (Å²) in [5.41, 5.74) is 1.08. The lowest BCUT2D eigenvalue weighted by molar-refractivity contribution is -0.136. The van der Waals surface area contributed by atoms with Crippen LogP contribution in [0.4, 0.5) is 0 Å². The third kappa shape index (κ3) is 3.70. The topological polar surface area (TPSA) is 85.2 Å². The van der Waals surface area contributed by atoms with Gasteiger partial charge in [-0.2, -0.15) is 0 Å². The van der Waals surface area contributed by atoms with Crippen molar-refractivity contribution < 1.29 is 29.2 Å². The third-order valence-corrected chi connectivity index (χ3v) is 6.86. The van der Waals surface area contributed by atoms with Crippen LogP contribution >= 0.6 is 11.3 Å². The molecule has 0 aliphatic heterocycles. The van der Waals surface area contributed by atoms with Crippen molar-refractivity contribution in [1.82, 2.24) is 0 Å². The number of ketones is 1. The molecule has 1 aliphatic carbocycles. The summed E-state index contributed by atoms with van der Waals surface area (Å²) < 4.78 is 16.5. The van der Waals surface area contributed by atoms with Gasteiger partial charge in [-0.1, -0.05) is 20.8 Å². The Bertz CT molecular complexity index is 888. The molecule has 0 radical (unpaired) electrons. The van der Waals surface area contributed by atoms with Crippen molar-refractivity contribution in [1.29, 1.82) is 0 Å². The first-order valence-corrected chi connectivity index (χ1v) is 10.8. The molecule has 1 aromatic heterocycles. The number of ether oxygens (including phenoxy) is 3. The molecule has 0 saturated carbocycles. The molecule has 6 nitrogen and oxygen atoms in total. The van der Waals surface area contributed by atoms with Crippen LogP contribution in [0.3, 0.4) is 0 Å². The highest BCUT2D eigenvalue weighted by atomic mass is 32.1. The van der Waals surface area contributed by atoms with Crippen LogP contribution in [0.25, 0.3) is 0 Å². The maximum atomic E-state index is 13.6. The molecular formula is C23H30O6S. The van der Waals surface area contributed by atoms with Crippen LogP contribution < -0.4 is 14.2 Å². The van der Waals surface area contributed by atoms with Gasteiger partial charge >= 0.3 is 0 Å². The quantitative estimate of drug-likeness (QED) is 0.720. The van der Waals surface area contributed by atoms with E-state index in [2.05, 4.69) is 0 Å². The Labute approximate surface area is 181 Å². The number of hydrogen-bond acceptors (Lipinski definition) is 7. The van der Waals surface area contributed by atoms with Crippen molar-refractivity contribution in [3.63, 3.8) is 0 Å². The number of rotatable bonds is 6. The Hall–Kier alpha value is -2.09. The van der Waals surface area contributed by atoms with Crippen LogP contribution in [-0.2, 0) is 4.79 Å². The van der Waals surface area contributed by atoms with E-state index in [1.54, 1.807) is 21.3 Å². The smallest absolute Gasteiger partial charge is 0.203 e. The largest absolute Gasteiger partial charge is 0.493 e. The predicted molar refractivity (Wildman–Crippen MR) is 116 cm³/mol. The second-order valence-corrected chi connectivity index (χ2v) is 9.56. The van der Waals surface area contributed by atoms with Crippen molar-refractivity contribution in [2.45, 2.75) is 32.8 Å². The molecule has 0 unspecified atom stereocenters. The summed E-state index contributed by atoms with van der Waals surface area (Å²) in [4.78, 5) is 14.4. The molecule has 30 heavy (non-hydrogen) atoms. The maximum Gasteiger partial charge on any atom is 0.203 e. The molecule has 1 heterocycles. The third-order valence-electron chi connectivity index (χ3n) is 5.86. The molecule has 2 aromatic rings. The molecule has 0 fully saturated rings. The van der Waals surface area contributed by atoms with Crippen LogP contribution in [0.2, 0.25) is 0 Å². The van der Waals surface area contributed by atoms with Crippen LogP contribution in [-0.4, -0.2) is 43.9 Å². The molecular weight excluding hydrogens is 404 g/mol. The lowest BCUT2D eigenvalue weighted by Crippen LogP contribution is -2.44. The van der Waals surface area contributed by atoms with Crippen molar-refractivity contribution in [2.24, 2.45) is 17.3 Å². The first-order chi connectivity index (χ1) is 14.2. The monoisotopic (exact) mass is 434 g/mol. The van der Waals surface area contributed by atoms with Gasteiger partial charge in [0.05, 0.1) is 27.4 Å². The van der Waals surface area contributed by atoms with Crippen molar-refractivity contribution in [3.05, 3.63) is 39.6 Å². The van der Waals surface area contributed by atoms with Gasteiger partial charge in [0.15, 0.2) is 11.5 Å². The first kappa shape index (κ1) is 22.6. The van der Waals surface area contributed by atoms with E-state index in [0.29, 0.717) is 17.2 Å². The summed E-state index contributed by atoms with van der Waals surface area (Å²) in [6.07, 6.45) is -0.889. The van der Waals surface area contributed by atoms with Gasteiger partial charge in [-0.25, -0.2) is 0 Å². The minimum Gasteiger partial charge on any atom is -0.493 e. The van der Waals surface area contributed by atoms with Crippen molar-refractivity contribution in [2.75, 3.05) is 27.9 Å². The van der Waals surface area contributed by atoms with Crippen molar-refractivity contribution in [3.8, 4) is 17.2 Å². The van der Waals surface area contributed by atoms with Gasteiger partial charge in [-0.05, 0) is 34.7 Å². The van der Waals surface area contributed by atoms with E-state index in [-0.39, 0.29) is 18.3 Å². The SMILES string of the molecule is COc1cc([C@@H]2c3ccsc3[C@H](O)[C@@H](CO)[C@H]2C(=O)C(C)(C)C)cc(OC)c1OC. The minimum absolute atomic E-state index is 0.00352. The molecule has 1 aromatic carbocycles. The molecule has 164 valence electrons. The molecule has 0 bridgehead atoms. The van der Waals surface area contributed by atoms with Gasteiger partial charge in [-0.3, -0.25) is 4.79 Å². The first-order valence-electron chi connectivity index (χ1n) is 9.90. The van der Waals surface area contributed by atoms with E-state index >= 15 is 0 Å². The summed E-state index contributed by atoms with van der Waals surface area (Å²) in [6.45, 7) is 5.31. The second kappa shape index (κ2) is 8.57. The van der Waals surface area contributed by atoms with Gasteiger partial charge in [0.1, 0.15) is 5.78 Å². The molecule has 3 rings (SSSR count). The number of Topliss-reactive ketones (excluding diaryl/α,β-unsaturated/α-hetero) is 1. The maximum absolute atomic E-state index is 13.6. The zero-order chi connectivity index (χ0) is 22.2. The number of hydrogen-bond donors (Lipinski definition) is 2. The lowest BCUT2D eigenvalue weighted by atomic mass is 9.62. The summed E-state index contributed by atoms with van der Waals surface area (Å²) in [5, 5.41) is 23.1. The molecule has 0 spiro atoms. The Kier molecular flexibility index (Phi) is 6.45. The van der Waals surface area contributed by atoms with Crippen LogP contribution in [0.1, 0.15) is 48.8 Å². The highest BCUT2D eigenvalue weighted by Crippen LogP contribution is 2.53. The number of fused-ring (bicyclic) bond motifs is 1. The zero-order valence-electron chi connectivity index (χ0n) is 18.3. The standard InChI is InChI=1S/C23H30O6S/c1-23(2,3)22(26)18-14(11-24)19(25)21-13(7-8-30-21)17(18)12-9-15(27-4)20(29-6)16(10-12)28-5/h7-10,14,17-19,24-25H,11H2,1-6H3/t14-,17+,18+,19+/m0/s1. The Morgan fingerprint density at radius 1 is 1.10 bits per heavy atom. The molecule has 1 aliphatic rings. The molecule has 2 N–H and O–H groups in total. The fourth-order valence-electron chi connectivity index (χ4n) is 4.39. The minimum atomic E-state index is -0.889. The average molecular weight is 435 g/mol. The van der Waals surface area contributed by atoms with Crippen LogP contribution in [0.15, 0.2) is 23.6 Å². The molecule has 4 atom stereocenters. The summed E-state index contributed by atoms with van der Waals surface area (Å²) in [6, 6.07) is 5.65. The summed E-state index contributed by atoms with van der Waals surface area (Å²) in [7, 11) is 4.65. The van der Waals surface area contributed by atoms with Gasteiger partial charge in [0, 0.05) is 34.7 Å². The number of methoxy groups -OCH3 is 3. The highest BCUT2D eigenvalue weighted by molar-refractivity contribution is 7.10. The van der Waals surface area contributed by atoms with E-state index in [0.717, 1.165) is 16.0 Å². The fourth-order valence-corrected chi connectivity index (χ4v) is 5.39. The number of benzene rings is 1. The van der Waals surface area contributed by atoms with E-state index in [4.69, 9.17) is 14.2 Å². The highest BCUT2D eigenvalue weighted by Gasteiger charge is 2.49. The van der Waals surface area contributed by atoms with Gasteiger partial charge < -0.3 is 24.4 Å². The van der Waals surface area contributed by atoms with Crippen LogP contribution in [0.5, 0.6) is 17.2 Å². The van der Waals surface area contributed by atoms with E-state index < -0.39 is 23.4 Å². The predicted octanol–water partition coefficient (Wildman–Crippen LogP) is 3.79. The number of carbonyl (C=O) groups is 1. The number of carbonyl (C=O) groups excluding carboxylic acids is 1. The Morgan fingerprint density at radius 2 is 1.70 bits per heavy atom. The lowest BCUT2D eigenvalue weighted by Gasteiger charge is -2.42. The zero-order valence-corrected chi connectivity index (χ0v) is 19.1. The Balaban J connectivity index is 2.28. The average Bonchev–Trinajstić information content (AvgIpc) is 3.21. The van der Waals surface area contributed by atoms with Gasteiger partial charge in [0.2, 0.25) is 5.75 Å². The normalized spacial score (nSPS) is 23.6. The van der Waals surface area contributed by atoms with Gasteiger partial charge in [-0.15, -0.1) is 11.3 Å². The molecule has 0 amide bonds. The molecule has 7 heteroatoms. The fraction of sp³-hybridized carbons (Fsp3) is 0.522. The number of aliphatic hydroxyl groups is 2. The van der Waals surface area contributed by atoms with Crippen LogP contribution in [0, 0.1) is 17.3 Å². The Morgan fingerprint density at radius 3 is 2.17 bits per heavy atom. The van der Waals surface area contributed by atoms with Crippen molar-refractivity contribution >= 4 is 17.1 Å². The second-order valence-electron chi connectivity index (χ2n) is 8.61. The van der Waals surface area contributed by atoms with E-state index in [1.165, 1.54) is 11.3 Å². The molecule has 0 saturated heterocycles. The van der Waals surface area contributed by atoms with E-state index in [9.17, 15) is 15.0 Å². The van der Waals surface area contributed by atoms with E-state index in [1.807, 2.05) is 44.4 Å². The summed E-state index contributed by atoms with van der Waals surface area (Å²) in [5.74, 6) is -0.0950.